The van der Waals surface area contributed by atoms with E-state index < -0.39 is 0 Å². The lowest BCUT2D eigenvalue weighted by atomic mass is 10.1. The Morgan fingerprint density at radius 2 is 1.79 bits per heavy atom. The van der Waals surface area contributed by atoms with Crippen molar-refractivity contribution in [1.29, 1.82) is 0 Å². The Morgan fingerprint density at radius 1 is 1.29 bits per heavy atom. The molecule has 0 radical (unpaired) electrons. The predicted octanol–water partition coefficient (Wildman–Crippen LogP) is 2.61. The number of allylic oxidation sites excluding steroid dienone is 1. The number of rotatable bonds is 2. The number of benzene rings is 1. The predicted molar refractivity (Wildman–Crippen MR) is 57.3 cm³/mol. The van der Waals surface area contributed by atoms with Crippen molar-refractivity contribution < 1.29 is 9.90 Å². The number of carbonyl (C=O) groups is 1. The van der Waals surface area contributed by atoms with Crippen molar-refractivity contribution in [3.05, 3.63) is 34.9 Å². The molecule has 0 amide bonds. The lowest BCUT2D eigenvalue weighted by Gasteiger charge is -2.04. The minimum Gasteiger partial charge on any atom is -0.507 e. The average molecular weight is 190 g/mol. The van der Waals surface area contributed by atoms with E-state index in [1.807, 2.05) is 26.0 Å². The van der Waals surface area contributed by atoms with Crippen molar-refractivity contribution in [2.75, 3.05) is 0 Å². The molecule has 14 heavy (non-hydrogen) atoms. The van der Waals surface area contributed by atoms with Crippen molar-refractivity contribution in [3.8, 4) is 5.75 Å². The smallest absolute Gasteiger partial charge is 0.152 e. The van der Waals surface area contributed by atoms with Crippen LogP contribution in [0.15, 0.2) is 18.2 Å². The van der Waals surface area contributed by atoms with Gasteiger partial charge in [-0.3, -0.25) is 4.79 Å². The van der Waals surface area contributed by atoms with Gasteiger partial charge in [0, 0.05) is 0 Å². The van der Waals surface area contributed by atoms with Crippen LogP contribution in [-0.4, -0.2) is 10.9 Å². The molecule has 1 aromatic rings. The number of hydrogen-bond acceptors (Lipinski definition) is 2. The molecule has 0 atom stereocenters. The third kappa shape index (κ3) is 2.46. The molecule has 0 saturated carbocycles. The van der Waals surface area contributed by atoms with E-state index in [1.165, 1.54) is 13.0 Å². The summed E-state index contributed by atoms with van der Waals surface area (Å²) in [6.07, 6.45) is 3.27. The van der Waals surface area contributed by atoms with E-state index in [-0.39, 0.29) is 5.78 Å². The fourth-order valence-corrected chi connectivity index (χ4v) is 1.30. The summed E-state index contributed by atoms with van der Waals surface area (Å²) in [4.78, 5) is 10.7. The first-order valence-electron chi connectivity index (χ1n) is 4.49. The summed E-state index contributed by atoms with van der Waals surface area (Å²) in [5.74, 6) is 0.346. The van der Waals surface area contributed by atoms with E-state index in [0.717, 1.165) is 16.7 Å². The highest BCUT2D eigenvalue weighted by Crippen LogP contribution is 2.23. The Morgan fingerprint density at radius 3 is 2.21 bits per heavy atom. The summed E-state index contributed by atoms with van der Waals surface area (Å²) in [5, 5.41) is 9.52. The summed E-state index contributed by atoms with van der Waals surface area (Å²) in [7, 11) is 0. The quantitative estimate of drug-likeness (QED) is 0.728. The minimum atomic E-state index is 0.0216. The standard InChI is InChI=1S/C12H14O2/c1-8-6-11(5-4-10(3)13)7-9(2)12(8)14/h4-7,14H,1-3H3/b5-4+. The first-order valence-corrected chi connectivity index (χ1v) is 4.49. The van der Waals surface area contributed by atoms with Crippen molar-refractivity contribution >= 4 is 11.9 Å². The van der Waals surface area contributed by atoms with E-state index >= 15 is 0 Å². The Balaban J connectivity index is 3.07. The molecule has 1 rings (SSSR count). The number of aryl methyl sites for hydroxylation is 2. The lowest BCUT2D eigenvalue weighted by molar-refractivity contribution is -0.112. The van der Waals surface area contributed by atoms with Gasteiger partial charge in [0.1, 0.15) is 5.75 Å². The second kappa shape index (κ2) is 4.09. The molecule has 0 bridgehead atoms. The molecule has 1 N–H and O–H groups in total. The number of ketones is 1. The molecule has 2 nitrogen and oxygen atoms in total. The fourth-order valence-electron chi connectivity index (χ4n) is 1.30. The number of phenols is 1. The third-order valence-electron chi connectivity index (χ3n) is 2.02. The van der Waals surface area contributed by atoms with Crippen LogP contribution in [-0.2, 0) is 4.79 Å². The molecule has 0 saturated heterocycles. The van der Waals surface area contributed by atoms with Crippen LogP contribution in [0, 0.1) is 13.8 Å². The molecule has 0 unspecified atom stereocenters. The van der Waals surface area contributed by atoms with Crippen LogP contribution in [0.2, 0.25) is 0 Å². The first kappa shape index (κ1) is 10.5. The molecule has 0 heterocycles. The van der Waals surface area contributed by atoms with Crippen LogP contribution >= 0.6 is 0 Å². The van der Waals surface area contributed by atoms with Crippen molar-refractivity contribution in [1.82, 2.24) is 0 Å². The largest absolute Gasteiger partial charge is 0.507 e. The van der Waals surface area contributed by atoms with Crippen LogP contribution in [0.3, 0.4) is 0 Å². The normalized spacial score (nSPS) is 10.8. The Hall–Kier alpha value is -1.57. The van der Waals surface area contributed by atoms with Gasteiger partial charge in [-0.2, -0.15) is 0 Å². The summed E-state index contributed by atoms with van der Waals surface area (Å²) in [6, 6.07) is 3.70. The number of aromatic hydroxyl groups is 1. The maximum absolute atomic E-state index is 10.7. The second-order valence-electron chi connectivity index (χ2n) is 3.45. The maximum atomic E-state index is 10.7. The maximum Gasteiger partial charge on any atom is 0.152 e. The molecule has 0 aliphatic heterocycles. The lowest BCUT2D eigenvalue weighted by Crippen LogP contribution is -1.84. The molecular formula is C12H14O2. The second-order valence-corrected chi connectivity index (χ2v) is 3.45. The fraction of sp³-hybridized carbons (Fsp3) is 0.250. The van der Waals surface area contributed by atoms with Gasteiger partial charge in [0.25, 0.3) is 0 Å². The van der Waals surface area contributed by atoms with Gasteiger partial charge in [-0.05, 0) is 55.7 Å². The van der Waals surface area contributed by atoms with Crippen LogP contribution < -0.4 is 0 Å². The average Bonchev–Trinajstić information content (AvgIpc) is 2.10. The zero-order valence-corrected chi connectivity index (χ0v) is 8.66. The zero-order chi connectivity index (χ0) is 10.7. The van der Waals surface area contributed by atoms with E-state index in [9.17, 15) is 9.90 Å². The molecular weight excluding hydrogens is 176 g/mol. The third-order valence-corrected chi connectivity index (χ3v) is 2.02. The summed E-state index contributed by atoms with van der Waals surface area (Å²) in [5.41, 5.74) is 2.59. The Kier molecular flexibility index (Phi) is 3.07. The molecule has 0 spiro atoms. The van der Waals surface area contributed by atoms with Gasteiger partial charge in [0.15, 0.2) is 5.78 Å². The van der Waals surface area contributed by atoms with E-state index in [1.54, 1.807) is 6.08 Å². The highest BCUT2D eigenvalue weighted by molar-refractivity contribution is 5.91. The Bertz CT molecular complexity index is 366. The molecule has 2 heteroatoms. The van der Waals surface area contributed by atoms with Gasteiger partial charge in [-0.25, -0.2) is 0 Å². The van der Waals surface area contributed by atoms with Crippen LogP contribution in [0.5, 0.6) is 5.75 Å². The first-order chi connectivity index (χ1) is 6.50. The monoisotopic (exact) mass is 190 g/mol. The highest BCUT2D eigenvalue weighted by Gasteiger charge is 2.00. The molecule has 0 aliphatic carbocycles. The zero-order valence-electron chi connectivity index (χ0n) is 8.66. The molecule has 0 aromatic heterocycles. The Labute approximate surface area is 83.9 Å². The van der Waals surface area contributed by atoms with E-state index in [2.05, 4.69) is 0 Å². The number of carbonyl (C=O) groups excluding carboxylic acids is 1. The number of phenolic OH excluding ortho intramolecular Hbond substituents is 1. The van der Waals surface area contributed by atoms with Gasteiger partial charge >= 0.3 is 0 Å². The van der Waals surface area contributed by atoms with Crippen molar-refractivity contribution in [2.45, 2.75) is 20.8 Å². The van der Waals surface area contributed by atoms with Crippen molar-refractivity contribution in [2.24, 2.45) is 0 Å². The highest BCUT2D eigenvalue weighted by atomic mass is 16.3. The van der Waals surface area contributed by atoms with Crippen LogP contribution in [0.25, 0.3) is 6.08 Å². The SMILES string of the molecule is CC(=O)/C=C/c1cc(C)c(O)c(C)c1. The summed E-state index contributed by atoms with van der Waals surface area (Å²) < 4.78 is 0. The van der Waals surface area contributed by atoms with Crippen LogP contribution in [0.4, 0.5) is 0 Å². The molecule has 0 aliphatic rings. The van der Waals surface area contributed by atoms with Gasteiger partial charge in [0.05, 0.1) is 0 Å². The van der Waals surface area contributed by atoms with Crippen molar-refractivity contribution in [3.63, 3.8) is 0 Å². The van der Waals surface area contributed by atoms with Crippen LogP contribution in [0.1, 0.15) is 23.6 Å². The molecule has 0 fully saturated rings. The topological polar surface area (TPSA) is 37.3 Å². The number of hydrogen-bond donors (Lipinski definition) is 1. The van der Waals surface area contributed by atoms with Gasteiger partial charge in [-0.1, -0.05) is 6.08 Å². The van der Waals surface area contributed by atoms with Gasteiger partial charge in [-0.15, -0.1) is 0 Å². The van der Waals surface area contributed by atoms with E-state index in [0.29, 0.717) is 5.75 Å². The summed E-state index contributed by atoms with van der Waals surface area (Å²) >= 11 is 0. The van der Waals surface area contributed by atoms with E-state index in [4.69, 9.17) is 0 Å². The molecule has 74 valence electrons. The molecule has 1 aromatic carbocycles. The minimum absolute atomic E-state index is 0.0216. The van der Waals surface area contributed by atoms with Gasteiger partial charge in [0.2, 0.25) is 0 Å². The van der Waals surface area contributed by atoms with Gasteiger partial charge < -0.3 is 5.11 Å². The summed E-state index contributed by atoms with van der Waals surface area (Å²) in [6.45, 7) is 5.19.